The van der Waals surface area contributed by atoms with E-state index in [1.54, 1.807) is 36.2 Å². The topological polar surface area (TPSA) is 80.5 Å². The van der Waals surface area contributed by atoms with Gasteiger partial charge in [-0.3, -0.25) is 9.20 Å². The van der Waals surface area contributed by atoms with Crippen LogP contribution in [0.25, 0.3) is 5.52 Å². The quantitative estimate of drug-likeness (QED) is 0.518. The molecule has 0 bridgehead atoms. The lowest BCUT2D eigenvalue weighted by Crippen LogP contribution is -2.26. The van der Waals surface area contributed by atoms with Crippen LogP contribution in [0.15, 0.2) is 58.7 Å². The summed E-state index contributed by atoms with van der Waals surface area (Å²) in [6.07, 6.45) is 2.66. The van der Waals surface area contributed by atoms with Gasteiger partial charge in [0.25, 0.3) is 5.91 Å². The molecule has 136 valence electrons. The number of imidazole rings is 1. The third-order valence-corrected chi connectivity index (χ3v) is 5.71. The number of hydrogen-bond donors (Lipinski definition) is 1. The van der Waals surface area contributed by atoms with Gasteiger partial charge in [-0.15, -0.1) is 11.8 Å². The Morgan fingerprint density at radius 2 is 1.92 bits per heavy atom. The molecule has 0 aliphatic carbocycles. The molecular weight excluding hydrogens is 370 g/mol. The van der Waals surface area contributed by atoms with Gasteiger partial charge in [0.2, 0.25) is 15.0 Å². The van der Waals surface area contributed by atoms with E-state index in [-0.39, 0.29) is 16.8 Å². The van der Waals surface area contributed by atoms with Crippen LogP contribution in [0, 0.1) is 6.92 Å². The van der Waals surface area contributed by atoms with Crippen LogP contribution in [-0.2, 0) is 9.84 Å². The monoisotopic (exact) mass is 389 g/mol. The average Bonchev–Trinajstić information content (AvgIpc) is 3.00. The standard InChI is InChI=1S/C18H19N3O3S2/c1-13-6-8-14(9-7-13)25-12-10-19-17(22)16-15-5-3-4-11-21(15)18(20-16)26(2,23)24/h3-9,11H,10,12H2,1-2H3,(H,19,22). The minimum absolute atomic E-state index is 0.117. The number of carbonyl (C=O) groups excluding carboxylic acids is 1. The highest BCUT2D eigenvalue weighted by atomic mass is 32.2. The molecular formula is C18H19N3O3S2. The first-order valence-electron chi connectivity index (χ1n) is 8.01. The summed E-state index contributed by atoms with van der Waals surface area (Å²) in [7, 11) is -3.54. The van der Waals surface area contributed by atoms with Crippen LogP contribution in [0.1, 0.15) is 16.1 Å². The van der Waals surface area contributed by atoms with E-state index >= 15 is 0 Å². The Morgan fingerprint density at radius 1 is 1.19 bits per heavy atom. The number of nitrogens with zero attached hydrogens (tertiary/aromatic N) is 2. The van der Waals surface area contributed by atoms with E-state index in [0.717, 1.165) is 11.2 Å². The van der Waals surface area contributed by atoms with Crippen molar-refractivity contribution in [3.8, 4) is 0 Å². The first-order chi connectivity index (χ1) is 12.4. The Balaban J connectivity index is 1.69. The zero-order valence-electron chi connectivity index (χ0n) is 14.5. The second-order valence-electron chi connectivity index (χ2n) is 5.89. The maximum Gasteiger partial charge on any atom is 0.272 e. The number of hydrogen-bond acceptors (Lipinski definition) is 5. The molecule has 0 aliphatic rings. The fourth-order valence-corrected chi connectivity index (χ4v) is 4.03. The lowest BCUT2D eigenvalue weighted by molar-refractivity contribution is 0.0953. The first-order valence-corrected chi connectivity index (χ1v) is 10.9. The van der Waals surface area contributed by atoms with Crippen LogP contribution >= 0.6 is 11.8 Å². The lowest BCUT2D eigenvalue weighted by atomic mass is 10.2. The van der Waals surface area contributed by atoms with Gasteiger partial charge in [-0.1, -0.05) is 23.8 Å². The molecule has 1 amide bonds. The largest absolute Gasteiger partial charge is 0.350 e. The van der Waals surface area contributed by atoms with Gasteiger partial charge in [0.05, 0.1) is 5.52 Å². The fourth-order valence-electron chi connectivity index (χ4n) is 2.49. The van der Waals surface area contributed by atoms with Crippen LogP contribution in [0.3, 0.4) is 0 Å². The summed E-state index contributed by atoms with van der Waals surface area (Å²) < 4.78 is 25.2. The number of aryl methyl sites for hydroxylation is 1. The maximum atomic E-state index is 12.5. The normalized spacial score (nSPS) is 11.6. The Kier molecular flexibility index (Phi) is 5.33. The number of thioether (sulfide) groups is 1. The van der Waals surface area contributed by atoms with Crippen molar-refractivity contribution in [3.63, 3.8) is 0 Å². The van der Waals surface area contributed by atoms with Crippen LogP contribution in [0.4, 0.5) is 0 Å². The molecule has 0 radical (unpaired) electrons. The predicted molar refractivity (Wildman–Crippen MR) is 103 cm³/mol. The number of benzene rings is 1. The summed E-state index contributed by atoms with van der Waals surface area (Å²) in [5, 5.41) is 2.67. The summed E-state index contributed by atoms with van der Waals surface area (Å²) in [6.45, 7) is 2.49. The van der Waals surface area contributed by atoms with Crippen LogP contribution in [0.2, 0.25) is 0 Å². The SMILES string of the molecule is Cc1ccc(SCCNC(=O)c2nc(S(C)(=O)=O)n3ccccc23)cc1. The van der Waals surface area contributed by atoms with Crippen molar-refractivity contribution in [1.82, 2.24) is 14.7 Å². The third-order valence-electron chi connectivity index (χ3n) is 3.74. The molecule has 8 heteroatoms. The highest BCUT2D eigenvalue weighted by Gasteiger charge is 2.22. The Labute approximate surface area is 156 Å². The smallest absolute Gasteiger partial charge is 0.272 e. The number of sulfone groups is 1. The number of aromatic nitrogens is 2. The third kappa shape index (κ3) is 4.08. The second kappa shape index (κ2) is 7.51. The molecule has 0 fully saturated rings. The summed E-state index contributed by atoms with van der Waals surface area (Å²) >= 11 is 1.64. The second-order valence-corrected chi connectivity index (χ2v) is 8.97. The summed E-state index contributed by atoms with van der Waals surface area (Å²) in [5.74, 6) is 0.326. The summed E-state index contributed by atoms with van der Waals surface area (Å²) in [5.41, 5.74) is 1.79. The van der Waals surface area contributed by atoms with Gasteiger partial charge in [0, 0.05) is 29.6 Å². The first kappa shape index (κ1) is 18.5. The molecule has 0 aliphatic heterocycles. The van der Waals surface area contributed by atoms with Gasteiger partial charge in [0.15, 0.2) is 5.69 Å². The number of rotatable bonds is 6. The van der Waals surface area contributed by atoms with Gasteiger partial charge in [0.1, 0.15) is 0 Å². The molecule has 0 spiro atoms. The van der Waals surface area contributed by atoms with Gasteiger partial charge in [-0.25, -0.2) is 13.4 Å². The molecule has 2 heterocycles. The molecule has 1 aromatic carbocycles. The fraction of sp³-hybridized carbons (Fsp3) is 0.222. The molecule has 2 aromatic heterocycles. The van der Waals surface area contributed by atoms with Crippen molar-refractivity contribution in [2.24, 2.45) is 0 Å². The molecule has 3 aromatic rings. The van der Waals surface area contributed by atoms with Crippen molar-refractivity contribution in [3.05, 3.63) is 59.9 Å². The molecule has 26 heavy (non-hydrogen) atoms. The summed E-state index contributed by atoms with van der Waals surface area (Å²) in [4.78, 5) is 17.7. The molecule has 0 saturated heterocycles. The van der Waals surface area contributed by atoms with E-state index in [2.05, 4.69) is 10.3 Å². The number of pyridine rings is 1. The van der Waals surface area contributed by atoms with Gasteiger partial charge in [-0.05, 0) is 31.2 Å². The zero-order valence-corrected chi connectivity index (χ0v) is 16.1. The van der Waals surface area contributed by atoms with Crippen LogP contribution < -0.4 is 5.32 Å². The zero-order chi connectivity index (χ0) is 18.7. The van der Waals surface area contributed by atoms with Crippen molar-refractivity contribution in [2.75, 3.05) is 18.6 Å². The molecule has 1 N–H and O–H groups in total. The number of carbonyl (C=O) groups is 1. The molecule has 6 nitrogen and oxygen atoms in total. The van der Waals surface area contributed by atoms with Gasteiger partial charge in [-0.2, -0.15) is 0 Å². The van der Waals surface area contributed by atoms with Gasteiger partial charge < -0.3 is 5.32 Å². The Hall–Kier alpha value is -2.32. The van der Waals surface area contributed by atoms with E-state index in [1.807, 2.05) is 31.2 Å². The molecule has 0 saturated carbocycles. The predicted octanol–water partition coefficient (Wildman–Crippen LogP) is 2.57. The number of fused-ring (bicyclic) bond motifs is 1. The van der Waals surface area contributed by atoms with E-state index in [4.69, 9.17) is 0 Å². The highest BCUT2D eigenvalue weighted by Crippen LogP contribution is 2.18. The number of amides is 1. The van der Waals surface area contributed by atoms with E-state index in [1.165, 1.54) is 9.96 Å². The Bertz CT molecular complexity index is 1040. The van der Waals surface area contributed by atoms with Crippen molar-refractivity contribution < 1.29 is 13.2 Å². The van der Waals surface area contributed by atoms with Crippen molar-refractivity contribution >= 4 is 33.0 Å². The maximum absolute atomic E-state index is 12.5. The summed E-state index contributed by atoms with van der Waals surface area (Å²) in [6, 6.07) is 13.3. The van der Waals surface area contributed by atoms with Crippen molar-refractivity contribution in [1.29, 1.82) is 0 Å². The molecule has 0 unspecified atom stereocenters. The average molecular weight is 390 g/mol. The van der Waals surface area contributed by atoms with Crippen molar-refractivity contribution in [2.45, 2.75) is 17.0 Å². The van der Waals surface area contributed by atoms with E-state index < -0.39 is 9.84 Å². The minimum Gasteiger partial charge on any atom is -0.350 e. The molecule has 0 atom stereocenters. The Morgan fingerprint density at radius 3 is 2.62 bits per heavy atom. The molecule has 3 rings (SSSR count). The lowest BCUT2D eigenvalue weighted by Gasteiger charge is -2.04. The van der Waals surface area contributed by atoms with E-state index in [0.29, 0.717) is 17.8 Å². The van der Waals surface area contributed by atoms with Crippen LogP contribution in [-0.4, -0.2) is 42.3 Å². The highest BCUT2D eigenvalue weighted by molar-refractivity contribution is 7.99. The number of nitrogens with one attached hydrogen (secondary N) is 1. The minimum atomic E-state index is -3.54. The van der Waals surface area contributed by atoms with Crippen LogP contribution in [0.5, 0.6) is 0 Å². The van der Waals surface area contributed by atoms with Gasteiger partial charge >= 0.3 is 0 Å². The van der Waals surface area contributed by atoms with E-state index in [9.17, 15) is 13.2 Å².